The molecule has 29 heavy (non-hydrogen) atoms. The molecule has 0 amide bonds. The molecule has 0 saturated carbocycles. The zero-order chi connectivity index (χ0) is 21.1. The van der Waals surface area contributed by atoms with E-state index in [2.05, 4.69) is 108 Å². The van der Waals surface area contributed by atoms with Gasteiger partial charge in [-0.3, -0.25) is 0 Å². The van der Waals surface area contributed by atoms with Gasteiger partial charge >= 0.3 is 0 Å². The van der Waals surface area contributed by atoms with E-state index in [-0.39, 0.29) is 22.1 Å². The standard InChI is InChI=1S/C26H31O2S/c1-25(2,3)27-20-12-10-16-23(18-20)29(22-14-8-7-9-15-22)24-17-11-13-21(19-24)28-26(4,5)6/h7-19H,1-6H3/q+1. The van der Waals surface area contributed by atoms with Crippen molar-refractivity contribution in [1.29, 1.82) is 0 Å². The number of benzene rings is 3. The molecule has 0 saturated heterocycles. The molecule has 2 nitrogen and oxygen atoms in total. The summed E-state index contributed by atoms with van der Waals surface area (Å²) in [6, 6.07) is 27.5. The number of rotatable bonds is 5. The van der Waals surface area contributed by atoms with Gasteiger partial charge in [-0.2, -0.15) is 0 Å². The van der Waals surface area contributed by atoms with E-state index in [1.165, 1.54) is 14.7 Å². The highest BCUT2D eigenvalue weighted by atomic mass is 32.2. The summed E-state index contributed by atoms with van der Waals surface area (Å²) in [7, 11) is -0.252. The average Bonchev–Trinajstić information content (AvgIpc) is 2.61. The Morgan fingerprint density at radius 3 is 1.34 bits per heavy atom. The van der Waals surface area contributed by atoms with E-state index in [4.69, 9.17) is 9.47 Å². The zero-order valence-electron chi connectivity index (χ0n) is 18.2. The Kier molecular flexibility index (Phi) is 6.28. The molecule has 0 N–H and O–H groups in total. The molecule has 0 bridgehead atoms. The summed E-state index contributed by atoms with van der Waals surface area (Å²) in [4.78, 5) is 3.73. The number of hydrogen-bond donors (Lipinski definition) is 0. The third kappa shape index (κ3) is 6.30. The molecule has 0 atom stereocenters. The summed E-state index contributed by atoms with van der Waals surface area (Å²) >= 11 is 0. The second-order valence-electron chi connectivity index (χ2n) is 9.00. The van der Waals surface area contributed by atoms with Crippen molar-refractivity contribution in [1.82, 2.24) is 0 Å². The highest BCUT2D eigenvalue weighted by Gasteiger charge is 2.30. The van der Waals surface area contributed by atoms with Gasteiger partial charge in [-0.25, -0.2) is 0 Å². The monoisotopic (exact) mass is 407 g/mol. The predicted molar refractivity (Wildman–Crippen MR) is 122 cm³/mol. The highest BCUT2D eigenvalue weighted by molar-refractivity contribution is 7.97. The van der Waals surface area contributed by atoms with Crippen LogP contribution in [0.3, 0.4) is 0 Å². The van der Waals surface area contributed by atoms with Gasteiger partial charge in [-0.05, 0) is 77.9 Å². The SMILES string of the molecule is CC(C)(C)Oc1cccc([S+](c2ccccc2)c2cccc(OC(C)(C)C)c2)c1. The van der Waals surface area contributed by atoms with Crippen molar-refractivity contribution in [3.05, 3.63) is 78.9 Å². The fourth-order valence-corrected chi connectivity index (χ4v) is 5.14. The van der Waals surface area contributed by atoms with Crippen LogP contribution in [-0.4, -0.2) is 11.2 Å². The summed E-state index contributed by atoms with van der Waals surface area (Å²) in [5.41, 5.74) is -0.463. The Morgan fingerprint density at radius 1 is 0.517 bits per heavy atom. The smallest absolute Gasteiger partial charge is 0.170 e. The minimum Gasteiger partial charge on any atom is -0.488 e. The normalized spacial score (nSPS) is 12.1. The van der Waals surface area contributed by atoms with E-state index in [1.54, 1.807) is 0 Å². The van der Waals surface area contributed by atoms with Gasteiger partial charge in [0.1, 0.15) is 22.7 Å². The lowest BCUT2D eigenvalue weighted by Gasteiger charge is -2.22. The van der Waals surface area contributed by atoms with Gasteiger partial charge in [0, 0.05) is 12.1 Å². The fourth-order valence-electron chi connectivity index (χ4n) is 3.00. The maximum Gasteiger partial charge on any atom is 0.170 e. The van der Waals surface area contributed by atoms with Gasteiger partial charge in [-0.1, -0.05) is 30.3 Å². The summed E-state index contributed by atoms with van der Waals surface area (Å²) in [5, 5.41) is 0. The summed E-state index contributed by atoms with van der Waals surface area (Å²) in [6.07, 6.45) is 0. The van der Waals surface area contributed by atoms with Crippen LogP contribution in [0, 0.1) is 0 Å². The molecule has 0 aliphatic heterocycles. The molecule has 0 radical (unpaired) electrons. The molecule has 3 rings (SSSR count). The molecule has 0 unspecified atom stereocenters. The highest BCUT2D eigenvalue weighted by Crippen LogP contribution is 2.35. The van der Waals surface area contributed by atoms with Crippen LogP contribution in [0.4, 0.5) is 0 Å². The fraction of sp³-hybridized carbons (Fsp3) is 0.308. The quantitative estimate of drug-likeness (QED) is 0.419. The lowest BCUT2D eigenvalue weighted by molar-refractivity contribution is 0.130. The first kappa shape index (κ1) is 21.3. The molecule has 0 aromatic heterocycles. The summed E-state index contributed by atoms with van der Waals surface area (Å²) in [5.74, 6) is 1.79. The predicted octanol–water partition coefficient (Wildman–Crippen LogP) is 7.14. The molecule has 0 aliphatic carbocycles. The van der Waals surface area contributed by atoms with Crippen LogP contribution < -0.4 is 9.47 Å². The van der Waals surface area contributed by atoms with Crippen molar-refractivity contribution in [2.75, 3.05) is 0 Å². The van der Waals surface area contributed by atoms with Crippen molar-refractivity contribution < 1.29 is 9.47 Å². The molecule has 0 aliphatic rings. The van der Waals surface area contributed by atoms with E-state index in [0.717, 1.165) is 11.5 Å². The van der Waals surface area contributed by atoms with Gasteiger partial charge in [0.2, 0.25) is 0 Å². The Balaban J connectivity index is 2.06. The molecule has 0 spiro atoms. The molecule has 3 aromatic carbocycles. The van der Waals surface area contributed by atoms with Crippen molar-refractivity contribution in [3.63, 3.8) is 0 Å². The maximum absolute atomic E-state index is 6.13. The van der Waals surface area contributed by atoms with Crippen molar-refractivity contribution in [2.45, 2.75) is 67.4 Å². The number of ether oxygens (including phenoxy) is 2. The minimum absolute atomic E-state index is 0.232. The first-order valence-electron chi connectivity index (χ1n) is 9.98. The van der Waals surface area contributed by atoms with E-state index in [9.17, 15) is 0 Å². The van der Waals surface area contributed by atoms with E-state index in [1.807, 2.05) is 12.1 Å². The zero-order valence-corrected chi connectivity index (χ0v) is 19.0. The van der Waals surface area contributed by atoms with Crippen molar-refractivity contribution >= 4 is 10.9 Å². The maximum atomic E-state index is 6.13. The van der Waals surface area contributed by atoms with Crippen LogP contribution in [0.5, 0.6) is 11.5 Å². The third-order valence-electron chi connectivity index (χ3n) is 3.91. The third-order valence-corrected chi connectivity index (χ3v) is 6.10. The van der Waals surface area contributed by atoms with E-state index >= 15 is 0 Å². The van der Waals surface area contributed by atoms with Crippen LogP contribution in [0.2, 0.25) is 0 Å². The van der Waals surface area contributed by atoms with Crippen LogP contribution in [0.15, 0.2) is 93.5 Å². The minimum atomic E-state index is -0.252. The number of hydrogen-bond acceptors (Lipinski definition) is 2. The second kappa shape index (κ2) is 8.54. The molecule has 0 heterocycles. The van der Waals surface area contributed by atoms with Gasteiger partial charge in [0.15, 0.2) is 14.7 Å². The molecule has 3 heteroatoms. The lowest BCUT2D eigenvalue weighted by atomic mass is 10.2. The Bertz CT molecular complexity index is 877. The Morgan fingerprint density at radius 2 is 0.931 bits per heavy atom. The average molecular weight is 408 g/mol. The molecule has 3 aromatic rings. The van der Waals surface area contributed by atoms with Crippen LogP contribution in [-0.2, 0) is 10.9 Å². The van der Waals surface area contributed by atoms with E-state index in [0.29, 0.717) is 0 Å². The van der Waals surface area contributed by atoms with Crippen molar-refractivity contribution in [3.8, 4) is 11.5 Å². The second-order valence-corrected chi connectivity index (χ2v) is 11.0. The molecule has 0 fully saturated rings. The summed E-state index contributed by atoms with van der Waals surface area (Å²) < 4.78 is 12.3. The van der Waals surface area contributed by atoms with Gasteiger partial charge in [0.25, 0.3) is 0 Å². The Labute approximate surface area is 178 Å². The molecular formula is C26H31O2S+. The molecule has 152 valence electrons. The van der Waals surface area contributed by atoms with Crippen LogP contribution >= 0.6 is 0 Å². The molecular weight excluding hydrogens is 376 g/mol. The largest absolute Gasteiger partial charge is 0.488 e. The van der Waals surface area contributed by atoms with E-state index < -0.39 is 0 Å². The van der Waals surface area contributed by atoms with Crippen LogP contribution in [0.25, 0.3) is 0 Å². The topological polar surface area (TPSA) is 18.5 Å². The Hall–Kier alpha value is -2.39. The first-order chi connectivity index (χ1) is 13.6. The first-order valence-corrected chi connectivity index (χ1v) is 11.2. The van der Waals surface area contributed by atoms with Gasteiger partial charge < -0.3 is 9.47 Å². The van der Waals surface area contributed by atoms with Crippen LogP contribution in [0.1, 0.15) is 41.5 Å². The summed E-state index contributed by atoms with van der Waals surface area (Å²) in [6.45, 7) is 12.4. The lowest BCUT2D eigenvalue weighted by Crippen LogP contribution is -2.23. The van der Waals surface area contributed by atoms with Crippen molar-refractivity contribution in [2.24, 2.45) is 0 Å². The van der Waals surface area contributed by atoms with Gasteiger partial charge in [-0.15, -0.1) is 0 Å². The van der Waals surface area contributed by atoms with Gasteiger partial charge in [0.05, 0.1) is 10.9 Å².